The van der Waals surface area contributed by atoms with Gasteiger partial charge in [0.1, 0.15) is 17.2 Å². The molecule has 5 aromatic carbocycles. The van der Waals surface area contributed by atoms with Gasteiger partial charge in [0.05, 0.1) is 73.6 Å². The Morgan fingerprint density at radius 3 is 1.13 bits per heavy atom. The normalized spacial score (nSPS) is 17.2. The first kappa shape index (κ1) is 96.9. The Morgan fingerprint density at radius 1 is 0.450 bits per heavy atom. The van der Waals surface area contributed by atoms with E-state index in [0.29, 0.717) is 128 Å². The van der Waals surface area contributed by atoms with Crippen molar-refractivity contribution in [2.75, 3.05) is 113 Å². The van der Waals surface area contributed by atoms with Gasteiger partial charge in [0, 0.05) is 137 Å². The van der Waals surface area contributed by atoms with Crippen LogP contribution in [-0.4, -0.2) is 145 Å². The second-order valence-electron chi connectivity index (χ2n) is 37.7. The number of carbonyl (C=O) groups excluding carboxylic acids is 1. The molecule has 0 radical (unpaired) electrons. The number of ether oxygens (including phenoxy) is 4. The number of anilines is 12. The molecule has 27 heteroatoms. The highest BCUT2D eigenvalue weighted by molar-refractivity contribution is 6.30. The molecule has 7 fully saturated rings. The summed E-state index contributed by atoms with van der Waals surface area (Å²) in [6.07, 6.45) is 20.0. The number of hydrogen-bond acceptors (Lipinski definition) is 21. The highest BCUT2D eigenvalue weighted by Gasteiger charge is 2.50. The summed E-state index contributed by atoms with van der Waals surface area (Å²) in [5.41, 5.74) is 8.05. The van der Waals surface area contributed by atoms with Crippen molar-refractivity contribution in [3.8, 4) is 12.1 Å². The van der Waals surface area contributed by atoms with Gasteiger partial charge in [-0.2, -0.15) is 10.5 Å². The number of carboxylic acid groups (broad SMARTS) is 3. The number of nitrogens with zero attached hydrogens (tertiary/aromatic N) is 9. The van der Waals surface area contributed by atoms with Gasteiger partial charge in [0.25, 0.3) is 6.47 Å². The molecule has 6 heterocycles. The number of rotatable bonds is 34. The number of aromatic nitrogens is 3. The highest BCUT2D eigenvalue weighted by Crippen LogP contribution is 2.51. The third-order valence-electron chi connectivity index (χ3n) is 25.9. The maximum absolute atomic E-state index is 14.6. The van der Waals surface area contributed by atoms with E-state index < -0.39 is 51.4 Å². The number of carboxylic acids is 3. The summed E-state index contributed by atoms with van der Waals surface area (Å²) in [5.74, 6) is 1.16. The van der Waals surface area contributed by atoms with E-state index in [2.05, 4.69) is 122 Å². The Kier molecular flexibility index (Phi) is 33.4. The number of pyridine rings is 3. The van der Waals surface area contributed by atoms with Crippen LogP contribution in [0.3, 0.4) is 0 Å². The van der Waals surface area contributed by atoms with Crippen LogP contribution in [0.5, 0.6) is 0 Å². The van der Waals surface area contributed by atoms with E-state index in [4.69, 9.17) is 56.0 Å². The van der Waals surface area contributed by atoms with Crippen molar-refractivity contribution in [1.82, 2.24) is 15.0 Å². The standard InChI is InChI=1S/C26H32F2N2O3.C26H32N4O3.C25H32ClN3O3.C25H32N4O2/c1-18(2)16-30(21-8-12-32-13-9-21)25-7-4-19(26(33-17-31)10-3-11-26)14-24(25)29-23-6-5-20(27)15-22(23)28;1-18(2)17-30(22-8-12-33-13-9-22)24-23(29-21-6-4-19(15-27)5-7-21)14-20(16-28-24)26(25(31)32)10-3-11-26;1-17(2)16-29(21-8-12-32-13-9-21)23-22(28-20-6-4-19(26)5-7-20)14-18(15-27-23)25(24(30)31)10-3-11-25;1-17(2)15-29(16-18(3)4)23-22(28-21-8-6-19(13-26)7-9-21)12-20(14-27-23)25(24(30)31)10-5-11-25/h4-7,14-15,17-18,21,29H,3,8-13,16H2,1-2H3;4-7,14,16,18,22,29H,3,8-13,17H2,1-2H3,(H,31,32);4-7,14-15,17,21,28H,3,8-13,16H2,1-2H3,(H,30,31);6-9,12,14,17-18,28H,5,10-11,15-16H2,1-4H3,(H,30,31). The highest BCUT2D eigenvalue weighted by atomic mass is 35.5. The zero-order valence-electron chi connectivity index (χ0n) is 76.3. The van der Waals surface area contributed by atoms with Crippen molar-refractivity contribution in [3.05, 3.63) is 196 Å². The van der Waals surface area contributed by atoms with Crippen molar-refractivity contribution in [2.24, 2.45) is 29.6 Å². The van der Waals surface area contributed by atoms with E-state index in [1.54, 1.807) is 42.9 Å². The van der Waals surface area contributed by atoms with Gasteiger partial charge in [-0.25, -0.2) is 23.7 Å². The summed E-state index contributed by atoms with van der Waals surface area (Å²) >= 11 is 6.08. The Balaban J connectivity index is 0.000000156. The number of aliphatic carboxylic acids is 3. The van der Waals surface area contributed by atoms with Crippen molar-refractivity contribution in [2.45, 2.75) is 225 Å². The Labute approximate surface area is 763 Å². The molecule has 7 aliphatic rings. The van der Waals surface area contributed by atoms with Crippen molar-refractivity contribution >= 4 is 105 Å². The topological polar surface area (TPSA) is 313 Å². The van der Waals surface area contributed by atoms with Crippen LogP contribution >= 0.6 is 11.6 Å². The van der Waals surface area contributed by atoms with Crippen LogP contribution in [0.15, 0.2) is 146 Å². The van der Waals surface area contributed by atoms with Gasteiger partial charge in [0.2, 0.25) is 0 Å². The lowest BCUT2D eigenvalue weighted by molar-refractivity contribution is -0.155. The molecule has 3 aromatic heterocycles. The first-order valence-corrected chi connectivity index (χ1v) is 46.4. The lowest BCUT2D eigenvalue weighted by Crippen LogP contribution is -2.44. The van der Waals surface area contributed by atoms with Crippen molar-refractivity contribution in [3.63, 3.8) is 0 Å². The fraction of sp³-hybridized carbons (Fsp3) is 0.500. The van der Waals surface area contributed by atoms with Gasteiger partial charge in [-0.1, -0.05) is 106 Å². The van der Waals surface area contributed by atoms with Crippen LogP contribution in [0.2, 0.25) is 5.02 Å². The Morgan fingerprint density at radius 2 is 0.798 bits per heavy atom. The molecular weight excluding hydrogens is 1660 g/mol. The first-order chi connectivity index (χ1) is 62.0. The van der Waals surface area contributed by atoms with Crippen molar-refractivity contribution in [1.29, 1.82) is 10.5 Å². The van der Waals surface area contributed by atoms with Gasteiger partial charge in [-0.15, -0.1) is 0 Å². The van der Waals surface area contributed by atoms with Crippen LogP contribution in [0, 0.1) is 63.9 Å². The molecule has 0 bridgehead atoms. The van der Waals surface area contributed by atoms with Gasteiger partial charge < -0.3 is 75.1 Å². The lowest BCUT2D eigenvalue weighted by atomic mass is 9.65. The molecule has 3 aliphatic heterocycles. The van der Waals surface area contributed by atoms with Gasteiger partial charge >= 0.3 is 17.9 Å². The first-order valence-electron chi connectivity index (χ1n) is 46.0. The van der Waals surface area contributed by atoms with E-state index >= 15 is 0 Å². The molecule has 4 aliphatic carbocycles. The van der Waals surface area contributed by atoms with Gasteiger partial charge in [0.15, 0.2) is 17.5 Å². The molecule has 0 spiro atoms. The Hall–Kier alpha value is -11.2. The Bertz CT molecular complexity index is 5160. The predicted molar refractivity (Wildman–Crippen MR) is 505 cm³/mol. The predicted octanol–water partition coefficient (Wildman–Crippen LogP) is 21.7. The minimum Gasteiger partial charge on any atom is -0.481 e. The second-order valence-corrected chi connectivity index (χ2v) is 38.1. The molecule has 8 aromatic rings. The largest absolute Gasteiger partial charge is 0.481 e. The lowest BCUT2D eigenvalue weighted by Gasteiger charge is -2.42. The number of carbonyl (C=O) groups is 4. The van der Waals surface area contributed by atoms with E-state index in [9.17, 15) is 43.3 Å². The van der Waals surface area contributed by atoms with E-state index in [0.717, 1.165) is 222 Å². The molecule has 7 N–H and O–H groups in total. The number of benzene rings is 5. The molecular formula is C102H128ClF2N13O11. The van der Waals surface area contributed by atoms with Crippen molar-refractivity contribution < 1.29 is 62.2 Å². The molecule has 0 atom stereocenters. The summed E-state index contributed by atoms with van der Waals surface area (Å²) in [6.45, 7) is 31.1. The number of halogens is 3. The summed E-state index contributed by atoms with van der Waals surface area (Å²) in [4.78, 5) is 71.5. The van der Waals surface area contributed by atoms with Crippen LogP contribution in [-0.2, 0) is 60.0 Å². The molecule has 24 nitrogen and oxygen atoms in total. The van der Waals surface area contributed by atoms with Crippen LogP contribution in [0.4, 0.5) is 77.4 Å². The average molecular weight is 1790 g/mol. The van der Waals surface area contributed by atoms with E-state index in [-0.39, 0.29) is 5.69 Å². The monoisotopic (exact) mass is 1780 g/mol. The quantitative estimate of drug-likeness (QED) is 0.0184. The third-order valence-corrected chi connectivity index (χ3v) is 26.1. The zero-order valence-corrected chi connectivity index (χ0v) is 77.1. The molecule has 129 heavy (non-hydrogen) atoms. The molecule has 0 amide bonds. The number of nitrogens with one attached hydrogen (secondary N) is 4. The fourth-order valence-corrected chi connectivity index (χ4v) is 18.5. The van der Waals surface area contributed by atoms with Gasteiger partial charge in [-0.3, -0.25) is 19.2 Å². The smallest absolute Gasteiger partial charge is 0.314 e. The summed E-state index contributed by atoms with van der Waals surface area (Å²) in [7, 11) is 0. The minimum absolute atomic E-state index is 0.199. The van der Waals surface area contributed by atoms with Crippen LogP contribution in [0.1, 0.15) is 218 Å². The summed E-state index contributed by atoms with van der Waals surface area (Å²) in [5, 5.41) is 62.3. The molecule has 0 unspecified atom stereocenters. The summed E-state index contributed by atoms with van der Waals surface area (Å²) < 4.78 is 50.4. The summed E-state index contributed by atoms with van der Waals surface area (Å²) in [6, 6.07) is 42.8. The molecule has 688 valence electrons. The fourth-order valence-electron chi connectivity index (χ4n) is 18.4. The second kappa shape index (κ2) is 44.4. The third kappa shape index (κ3) is 23.9. The molecule has 3 saturated heterocycles. The zero-order chi connectivity index (χ0) is 92.2. The average Bonchev–Trinajstić information content (AvgIpc) is 0.765. The molecule has 4 saturated carbocycles. The van der Waals surface area contributed by atoms with Gasteiger partial charge in [-0.05, 0) is 263 Å². The van der Waals surface area contributed by atoms with E-state index in [1.807, 2.05) is 84.9 Å². The number of nitriles is 2. The molecule has 15 rings (SSSR count). The number of hydrogen-bond donors (Lipinski definition) is 7. The maximum atomic E-state index is 14.6. The maximum Gasteiger partial charge on any atom is 0.314 e. The van der Waals surface area contributed by atoms with Crippen LogP contribution < -0.4 is 40.9 Å². The minimum atomic E-state index is -0.853. The van der Waals surface area contributed by atoms with Crippen LogP contribution in [0.25, 0.3) is 0 Å². The van der Waals surface area contributed by atoms with E-state index in [1.165, 1.54) is 12.1 Å². The SMILES string of the molecule is CC(C)CN(CC(C)C)c1ncc(C2(C(=O)O)CCC2)cc1Nc1ccc(C#N)cc1.CC(C)CN(c1ccc(C2(OC=O)CCC2)cc1Nc1ccc(F)cc1F)C1CCOCC1.CC(C)CN(c1ncc(C2(C(=O)O)CCC2)cc1Nc1ccc(C#N)cc1)C1CCOCC1.CC(C)CN(c1ncc(C2(C(=O)O)CCC2)cc1Nc1ccc(Cl)cc1)C1CCOCC1.